The molecule has 41 heteroatoms. The van der Waals surface area contributed by atoms with Crippen LogP contribution < -0.4 is 84.2 Å². The maximum Gasteiger partial charge on any atom is 0.325 e. The van der Waals surface area contributed by atoms with Crippen LogP contribution in [0.25, 0.3) is 71.9 Å². The summed E-state index contributed by atoms with van der Waals surface area (Å²) in [5.74, 6) is 5.94. The number of carbonyl (C=O) groups is 4. The Morgan fingerprint density at radius 3 is 1.08 bits per heavy atom. The average Bonchev–Trinajstić information content (AvgIpc) is 1.07. The Balaban J connectivity index is 0.000000134. The summed E-state index contributed by atoms with van der Waals surface area (Å²) in [5.41, 5.74) is 8.92. The number of ether oxygens (including phenoxy) is 4. The van der Waals surface area contributed by atoms with Gasteiger partial charge < -0.3 is 60.2 Å². The number of fused-ring (bicyclic) bond motifs is 6. The number of anilines is 8. The first-order valence-electron chi connectivity index (χ1n) is 46.5. The van der Waals surface area contributed by atoms with Gasteiger partial charge in [-0.25, -0.2) is 76.7 Å². The Morgan fingerprint density at radius 1 is 0.336 bits per heavy atom. The summed E-state index contributed by atoms with van der Waals surface area (Å²) in [6, 6.07) is 64.4. The summed E-state index contributed by atoms with van der Waals surface area (Å²) in [4.78, 5) is 136. The van der Waals surface area contributed by atoms with E-state index in [9.17, 15) is 42.7 Å². The van der Waals surface area contributed by atoms with Crippen molar-refractivity contribution < 1.29 is 42.5 Å². The Morgan fingerprint density at radius 2 is 0.678 bits per heavy atom. The van der Waals surface area contributed by atoms with Crippen molar-refractivity contribution in [2.75, 3.05) is 42.5 Å². The van der Waals surface area contributed by atoms with E-state index in [1.165, 1.54) is 12.1 Å². The Bertz CT molecular complexity index is 8460. The van der Waals surface area contributed by atoms with Crippen LogP contribution in [0.1, 0.15) is 125 Å². The number of hydrogen-bond acceptors (Lipinski definition) is 20. The molecule has 16 N–H and O–H groups in total. The van der Waals surface area contributed by atoms with Crippen LogP contribution in [0.15, 0.2) is 268 Å². The van der Waals surface area contributed by atoms with Gasteiger partial charge in [0.2, 0.25) is 0 Å². The second kappa shape index (κ2) is 41.4. The lowest BCUT2D eigenvalue weighted by atomic mass is 9.92. The second-order valence-electron chi connectivity index (χ2n) is 38.1. The molecule has 146 heavy (non-hydrogen) atoms. The van der Waals surface area contributed by atoms with Crippen molar-refractivity contribution in [2.45, 2.75) is 131 Å². The number of imidazole rings is 4. The molecule has 0 saturated carbocycles. The van der Waals surface area contributed by atoms with Crippen molar-refractivity contribution in [3.63, 3.8) is 0 Å². The van der Waals surface area contributed by atoms with Crippen molar-refractivity contribution >= 4 is 136 Å². The van der Waals surface area contributed by atoms with Crippen LogP contribution in [-0.2, 0) is 41.8 Å². The minimum atomic E-state index is -0.478. The number of aromatic nitrogens is 20. The number of aromatic amines is 8. The highest BCUT2D eigenvalue weighted by molar-refractivity contribution is 6.09. The molecule has 20 aromatic rings. The molecule has 744 valence electrons. The molecule has 0 saturated heterocycles. The molecule has 0 fully saturated rings. The standard InChI is InChI=1S/C30H26FN7O3.C27H27N7O3.C25H25N7O3.C23H27N7O3/c1-30(2,3)24-16-25(38(37-24)18-10-8-17(31)9-11-18)34-28(39)33-21-12-13-22(20-7-5-4-6-19(20)21)41-23-14-15-32-27-26(23)35-29(40)36-27;1-27(2,3)21-15-22(34(33-21)16-17-7-5-4-6-8-17)30-25(35)29-18-9-11-19(12-10-18)37-20-13-14-28-24-23(20)31-26(36)32-24;1-25(2,3)19-13-20(32(4)31-19)28-23(33)27-16-9-10-17(15-8-6-5-7-14(15)16)35-18-11-12-26-22-21(18)29-24(34)30-22;1-5-12-30-18(13-17(29-30)23(2,3)4)26-21(31)25-14-6-8-15(9-7-14)33-16-10-11-24-20-19(16)27-22(32)28-20/h4-16H,1-3H3,(H2,33,34,39)(H2,32,35,36,40);4-15H,16H2,1-3H3,(H2,29,30,35)(H2,28,31,32,36);5-13H,1-4H3,(H2,27,28,33)(H2,26,29,30,34);6-11,13H,5,12H2,1-4H3,(H2,25,26,31)(H2,24,27,28,32). The van der Waals surface area contributed by atoms with Gasteiger partial charge in [-0.15, -0.1) is 0 Å². The predicted molar refractivity (Wildman–Crippen MR) is 560 cm³/mol. The third kappa shape index (κ3) is 23.5. The van der Waals surface area contributed by atoms with E-state index in [4.69, 9.17) is 24.0 Å². The molecule has 12 heterocycles. The molecule has 12 aromatic heterocycles. The molecule has 8 amide bonds. The minimum absolute atomic E-state index is 0.116. The number of rotatable bonds is 21. The van der Waals surface area contributed by atoms with Crippen molar-refractivity contribution in [1.82, 2.24) is 98.9 Å². The summed E-state index contributed by atoms with van der Waals surface area (Å²) in [6.07, 6.45) is 7.12. The van der Waals surface area contributed by atoms with Crippen LogP contribution in [0.4, 0.5) is 69.6 Å². The van der Waals surface area contributed by atoms with Crippen LogP contribution >= 0.6 is 0 Å². The van der Waals surface area contributed by atoms with E-state index in [-0.39, 0.29) is 68.3 Å². The lowest BCUT2D eigenvalue weighted by Gasteiger charge is -2.14. The lowest BCUT2D eigenvalue weighted by Crippen LogP contribution is -2.21. The fourth-order valence-electron chi connectivity index (χ4n) is 15.3. The quantitative estimate of drug-likeness (QED) is 0.0318. The number of nitrogens with one attached hydrogen (secondary N) is 16. The van der Waals surface area contributed by atoms with Crippen LogP contribution in [0.3, 0.4) is 0 Å². The Kier molecular flexibility index (Phi) is 28.0. The number of H-pyrrole nitrogens is 8. The van der Waals surface area contributed by atoms with Gasteiger partial charge in [0.15, 0.2) is 45.6 Å². The number of benzene rings is 8. The minimum Gasteiger partial charge on any atom is -0.455 e. The molecule has 40 nitrogen and oxygen atoms in total. The van der Waals surface area contributed by atoms with Gasteiger partial charge in [-0.3, -0.25) is 45.9 Å². The number of pyridine rings is 4. The van der Waals surface area contributed by atoms with E-state index in [2.05, 4.69) is 187 Å². The molecule has 8 aromatic carbocycles. The van der Waals surface area contributed by atoms with E-state index in [1.54, 1.807) is 161 Å². The molecule has 0 aliphatic carbocycles. The molecule has 0 radical (unpaired) electrons. The van der Waals surface area contributed by atoms with Crippen molar-refractivity contribution in [1.29, 1.82) is 0 Å². The molecule has 0 spiro atoms. The first-order valence-corrected chi connectivity index (χ1v) is 46.5. The zero-order valence-corrected chi connectivity index (χ0v) is 81.9. The molecule has 0 atom stereocenters. The van der Waals surface area contributed by atoms with E-state index >= 15 is 0 Å². The number of nitrogens with zero attached hydrogens (tertiary/aromatic N) is 12. The number of carbonyl (C=O) groups excluding carboxylic acids is 4. The smallest absolute Gasteiger partial charge is 0.325 e. The fraction of sp³-hybridized carbons (Fsp3) is 0.200. The normalized spacial score (nSPS) is 11.6. The molecule has 0 unspecified atom stereocenters. The maximum absolute atomic E-state index is 13.6. The van der Waals surface area contributed by atoms with Gasteiger partial charge in [-0.1, -0.05) is 169 Å². The third-order valence-corrected chi connectivity index (χ3v) is 22.8. The molecule has 0 bridgehead atoms. The largest absolute Gasteiger partial charge is 0.455 e. The second-order valence-corrected chi connectivity index (χ2v) is 38.1. The lowest BCUT2D eigenvalue weighted by molar-refractivity contribution is 0.261. The zero-order chi connectivity index (χ0) is 103. The number of hydrogen-bond donors (Lipinski definition) is 16. The number of urea groups is 4. The maximum atomic E-state index is 13.6. The summed E-state index contributed by atoms with van der Waals surface area (Å²) in [6.45, 7) is 28.1. The summed E-state index contributed by atoms with van der Waals surface area (Å²) >= 11 is 0. The number of halogens is 1. The highest BCUT2D eigenvalue weighted by Crippen LogP contribution is 2.41. The van der Waals surface area contributed by atoms with Gasteiger partial charge in [0.25, 0.3) is 0 Å². The highest BCUT2D eigenvalue weighted by Gasteiger charge is 2.28. The molecule has 0 aliphatic heterocycles. The van der Waals surface area contributed by atoms with Crippen LogP contribution in [0.2, 0.25) is 0 Å². The summed E-state index contributed by atoms with van der Waals surface area (Å²) in [7, 11) is 1.79. The van der Waals surface area contributed by atoms with E-state index in [0.717, 1.165) is 56.3 Å². The van der Waals surface area contributed by atoms with Gasteiger partial charge in [0.1, 0.15) is 74.2 Å². The van der Waals surface area contributed by atoms with Crippen molar-refractivity contribution in [3.8, 4) is 51.7 Å². The van der Waals surface area contributed by atoms with Gasteiger partial charge >= 0.3 is 46.9 Å². The first-order chi connectivity index (χ1) is 69.8. The average molecular weight is 1970 g/mol. The highest BCUT2D eigenvalue weighted by atomic mass is 19.1. The molecular formula is C105H105FN28O12. The zero-order valence-electron chi connectivity index (χ0n) is 81.9. The van der Waals surface area contributed by atoms with E-state index in [0.29, 0.717) is 155 Å². The van der Waals surface area contributed by atoms with Gasteiger partial charge in [-0.05, 0) is 109 Å². The Hall–Kier alpha value is -19.0. The predicted octanol–water partition coefficient (Wildman–Crippen LogP) is 21.2. The topological polar surface area (TPSA) is 519 Å². The van der Waals surface area contributed by atoms with Crippen molar-refractivity contribution in [3.05, 3.63) is 325 Å². The molecular weight excluding hydrogens is 1860 g/mol. The van der Waals surface area contributed by atoms with Gasteiger partial charge in [0, 0.05) is 141 Å². The third-order valence-electron chi connectivity index (χ3n) is 22.8. The first kappa shape index (κ1) is 98.6. The van der Waals surface area contributed by atoms with Gasteiger partial charge in [0.05, 0.1) is 46.4 Å². The molecule has 0 aliphatic rings. The SMILES string of the molecule is CC(C)(C)c1cc(NC(=O)Nc2ccc(Oc3ccnc4[nH]c(=O)[nH]c34)c3ccccc23)n(-c2ccc(F)cc2)n1.CC(C)(C)c1cc(NC(=O)Nc2ccc(Oc3ccnc4[nH]c(=O)[nH]c34)cc2)n(Cc2ccccc2)n1.CCCn1nc(C(C)(C)C)cc1NC(=O)Nc1ccc(Oc2ccnc3[nH]c(=O)[nH]c23)cc1.Cn1nc(C(C)(C)C)cc1NC(=O)Nc1ccc(Oc2ccnc3[nH]c(=O)[nH]c23)c2ccccc12. The van der Waals surface area contributed by atoms with Gasteiger partial charge in [-0.2, -0.15) is 20.4 Å². The monoisotopic (exact) mass is 1970 g/mol. The summed E-state index contributed by atoms with van der Waals surface area (Å²) < 4.78 is 44.5. The van der Waals surface area contributed by atoms with E-state index < -0.39 is 6.03 Å². The summed E-state index contributed by atoms with van der Waals surface area (Å²) in [5, 5.41) is 44.7. The molecule has 20 rings (SSSR count). The van der Waals surface area contributed by atoms with Crippen LogP contribution in [0, 0.1) is 5.82 Å². The Labute approximate surface area is 831 Å². The number of amides is 8. The van der Waals surface area contributed by atoms with Crippen molar-refractivity contribution in [2.24, 2.45) is 7.05 Å². The number of aryl methyl sites for hydroxylation is 2. The van der Waals surface area contributed by atoms with Crippen LogP contribution in [-0.4, -0.2) is 123 Å². The fourth-order valence-corrected chi connectivity index (χ4v) is 15.3. The van der Waals surface area contributed by atoms with Crippen LogP contribution in [0.5, 0.6) is 46.0 Å². The van der Waals surface area contributed by atoms with E-state index in [1.807, 2.05) is 123 Å².